The summed E-state index contributed by atoms with van der Waals surface area (Å²) < 4.78 is 7.07. The number of ketones is 1. The first-order valence-corrected chi connectivity index (χ1v) is 11.6. The molecule has 0 bridgehead atoms. The fourth-order valence-electron chi connectivity index (χ4n) is 4.39. The average Bonchev–Trinajstić information content (AvgIpc) is 3.26. The number of carbonyl (C=O) groups is 1. The van der Waals surface area contributed by atoms with Crippen molar-refractivity contribution in [2.24, 2.45) is 5.10 Å². The molecular formula is C29H24N4O4. The maximum Gasteiger partial charge on any atom is 0.294 e. The summed E-state index contributed by atoms with van der Waals surface area (Å²) in [6.07, 6.45) is 1.81. The number of benzene rings is 3. The van der Waals surface area contributed by atoms with Crippen molar-refractivity contribution in [2.75, 3.05) is 12.5 Å². The van der Waals surface area contributed by atoms with E-state index in [0.717, 1.165) is 33.2 Å². The first-order valence-electron chi connectivity index (χ1n) is 11.6. The van der Waals surface area contributed by atoms with E-state index in [4.69, 9.17) is 4.74 Å². The lowest BCUT2D eigenvalue weighted by Crippen LogP contribution is -2.08. The second-order valence-electron chi connectivity index (χ2n) is 8.73. The number of nitrogens with one attached hydrogen (secondary N) is 1. The summed E-state index contributed by atoms with van der Waals surface area (Å²) in [6, 6.07) is 23.7. The Labute approximate surface area is 213 Å². The lowest BCUT2D eigenvalue weighted by atomic mass is 10.0. The summed E-state index contributed by atoms with van der Waals surface area (Å²) in [5.41, 5.74) is 6.70. The standard InChI is InChI=1S/C29H24N4O4/c1-18-14-24-6-4-5-13-32(24)28(18)29(34)23-10-12-26(27(17-23)33(35)36)31-30-19(2)20-7-8-22-16-25(37-3)11-9-21(22)15-20/h4-17,31H,1-3H3/b30-19+. The zero-order chi connectivity index (χ0) is 26.1. The molecule has 0 spiro atoms. The van der Waals surface area contributed by atoms with Crippen LogP contribution in [0.5, 0.6) is 5.75 Å². The number of nitro groups is 1. The molecular weight excluding hydrogens is 468 g/mol. The van der Waals surface area contributed by atoms with Crippen LogP contribution >= 0.6 is 0 Å². The normalized spacial score (nSPS) is 11.6. The third kappa shape index (κ3) is 4.52. The molecule has 2 aromatic heterocycles. The van der Waals surface area contributed by atoms with Gasteiger partial charge in [0.25, 0.3) is 5.69 Å². The van der Waals surface area contributed by atoms with E-state index >= 15 is 0 Å². The zero-order valence-electron chi connectivity index (χ0n) is 20.6. The molecule has 0 radical (unpaired) electrons. The number of anilines is 1. The molecule has 0 aliphatic heterocycles. The number of pyridine rings is 1. The van der Waals surface area contributed by atoms with Crippen LogP contribution in [-0.2, 0) is 0 Å². The number of carbonyl (C=O) groups excluding carboxylic acids is 1. The van der Waals surface area contributed by atoms with Gasteiger partial charge in [-0.1, -0.05) is 24.3 Å². The number of rotatable bonds is 7. The van der Waals surface area contributed by atoms with Crippen LogP contribution in [0.3, 0.4) is 0 Å². The summed E-state index contributed by atoms with van der Waals surface area (Å²) in [6.45, 7) is 3.67. The SMILES string of the molecule is COc1ccc2cc(/C(C)=N/Nc3ccc(C(=O)c4c(C)cc5ccccn45)cc3[N+](=O)[O-])ccc2c1. The van der Waals surface area contributed by atoms with Crippen molar-refractivity contribution in [3.63, 3.8) is 0 Å². The summed E-state index contributed by atoms with van der Waals surface area (Å²) in [7, 11) is 1.63. The van der Waals surface area contributed by atoms with E-state index in [9.17, 15) is 14.9 Å². The smallest absolute Gasteiger partial charge is 0.294 e. The van der Waals surface area contributed by atoms with Gasteiger partial charge >= 0.3 is 0 Å². The third-order valence-electron chi connectivity index (χ3n) is 6.35. The Morgan fingerprint density at radius 3 is 2.51 bits per heavy atom. The first kappa shape index (κ1) is 23.7. The van der Waals surface area contributed by atoms with Gasteiger partial charge in [-0.3, -0.25) is 20.3 Å². The summed E-state index contributed by atoms with van der Waals surface area (Å²) >= 11 is 0. The molecule has 37 heavy (non-hydrogen) atoms. The highest BCUT2D eigenvalue weighted by atomic mass is 16.6. The van der Waals surface area contributed by atoms with E-state index in [-0.39, 0.29) is 22.7 Å². The fraction of sp³-hybridized carbons (Fsp3) is 0.103. The van der Waals surface area contributed by atoms with Gasteiger partial charge in [0.15, 0.2) is 0 Å². The van der Waals surface area contributed by atoms with Gasteiger partial charge in [-0.25, -0.2) is 0 Å². The Morgan fingerprint density at radius 1 is 0.973 bits per heavy atom. The number of fused-ring (bicyclic) bond motifs is 2. The van der Waals surface area contributed by atoms with Gasteiger partial charge < -0.3 is 9.14 Å². The van der Waals surface area contributed by atoms with Crippen molar-refractivity contribution in [3.8, 4) is 5.75 Å². The van der Waals surface area contributed by atoms with Gasteiger partial charge in [-0.2, -0.15) is 5.10 Å². The lowest BCUT2D eigenvalue weighted by molar-refractivity contribution is -0.384. The quantitative estimate of drug-likeness (QED) is 0.123. The molecule has 0 unspecified atom stereocenters. The third-order valence-corrected chi connectivity index (χ3v) is 6.35. The van der Waals surface area contributed by atoms with Gasteiger partial charge in [-0.05, 0) is 84.3 Å². The molecule has 8 heteroatoms. The molecule has 5 aromatic rings. The molecule has 184 valence electrons. The largest absolute Gasteiger partial charge is 0.497 e. The van der Waals surface area contributed by atoms with Gasteiger partial charge in [0.2, 0.25) is 5.78 Å². The van der Waals surface area contributed by atoms with Crippen LogP contribution in [0.4, 0.5) is 11.4 Å². The molecule has 0 saturated carbocycles. The molecule has 0 aliphatic carbocycles. The maximum absolute atomic E-state index is 13.3. The molecule has 8 nitrogen and oxygen atoms in total. The van der Waals surface area contributed by atoms with Crippen LogP contribution in [-0.4, -0.2) is 27.9 Å². The predicted molar refractivity (Wildman–Crippen MR) is 145 cm³/mol. The van der Waals surface area contributed by atoms with Crippen LogP contribution in [0.1, 0.15) is 34.1 Å². The lowest BCUT2D eigenvalue weighted by Gasteiger charge is -2.08. The maximum atomic E-state index is 13.3. The molecule has 3 aromatic carbocycles. The minimum atomic E-state index is -0.517. The van der Waals surface area contributed by atoms with Crippen LogP contribution < -0.4 is 10.2 Å². The molecule has 0 fully saturated rings. The van der Waals surface area contributed by atoms with Gasteiger partial charge in [0.1, 0.15) is 11.4 Å². The van der Waals surface area contributed by atoms with E-state index in [1.165, 1.54) is 12.1 Å². The number of ether oxygens (including phenoxy) is 1. The summed E-state index contributed by atoms with van der Waals surface area (Å²) in [5, 5.41) is 18.3. The average molecular weight is 493 g/mol. The van der Waals surface area contributed by atoms with Gasteiger partial charge in [0, 0.05) is 23.3 Å². The monoisotopic (exact) mass is 492 g/mol. The topological polar surface area (TPSA) is 98.2 Å². The van der Waals surface area contributed by atoms with Crippen LogP contribution in [0.2, 0.25) is 0 Å². The predicted octanol–water partition coefficient (Wildman–Crippen LogP) is 6.38. The number of methoxy groups -OCH3 is 1. The Morgan fingerprint density at radius 2 is 1.73 bits per heavy atom. The van der Waals surface area contributed by atoms with E-state index in [1.54, 1.807) is 23.8 Å². The number of aryl methyl sites for hydroxylation is 1. The van der Waals surface area contributed by atoms with E-state index in [2.05, 4.69) is 10.5 Å². The summed E-state index contributed by atoms with van der Waals surface area (Å²) in [4.78, 5) is 24.7. The molecule has 2 heterocycles. The number of aromatic nitrogens is 1. The Bertz CT molecular complexity index is 1720. The van der Waals surface area contributed by atoms with Crippen molar-refractivity contribution >= 4 is 39.2 Å². The van der Waals surface area contributed by atoms with E-state index in [0.29, 0.717) is 11.4 Å². The van der Waals surface area contributed by atoms with Crippen LogP contribution in [0.25, 0.3) is 16.3 Å². The molecule has 0 amide bonds. The van der Waals surface area contributed by atoms with Crippen LogP contribution in [0.15, 0.2) is 90.2 Å². The van der Waals surface area contributed by atoms with Crippen molar-refractivity contribution in [3.05, 3.63) is 118 Å². The van der Waals surface area contributed by atoms with Crippen LogP contribution in [0, 0.1) is 17.0 Å². The van der Waals surface area contributed by atoms with E-state index < -0.39 is 4.92 Å². The second kappa shape index (κ2) is 9.58. The molecule has 0 aliphatic rings. The van der Waals surface area contributed by atoms with Crippen molar-refractivity contribution in [1.29, 1.82) is 0 Å². The Kier molecular flexibility index (Phi) is 6.15. The number of nitrogens with zero attached hydrogens (tertiary/aromatic N) is 3. The number of hydrogen-bond acceptors (Lipinski definition) is 6. The highest BCUT2D eigenvalue weighted by Crippen LogP contribution is 2.28. The van der Waals surface area contributed by atoms with Crippen molar-refractivity contribution < 1.29 is 14.5 Å². The van der Waals surface area contributed by atoms with Crippen molar-refractivity contribution in [1.82, 2.24) is 4.40 Å². The number of hydrazone groups is 1. The Balaban J connectivity index is 1.43. The highest BCUT2D eigenvalue weighted by molar-refractivity contribution is 6.10. The van der Waals surface area contributed by atoms with Crippen molar-refractivity contribution in [2.45, 2.75) is 13.8 Å². The van der Waals surface area contributed by atoms with Gasteiger partial charge in [0.05, 0.1) is 23.4 Å². The van der Waals surface area contributed by atoms with E-state index in [1.807, 2.05) is 74.5 Å². The first-order chi connectivity index (χ1) is 17.9. The van der Waals surface area contributed by atoms with Gasteiger partial charge in [-0.15, -0.1) is 0 Å². The summed E-state index contributed by atoms with van der Waals surface area (Å²) in [5.74, 6) is 0.493. The fourth-order valence-corrected chi connectivity index (χ4v) is 4.39. The highest BCUT2D eigenvalue weighted by Gasteiger charge is 2.22. The minimum absolute atomic E-state index is 0.197. The molecule has 0 atom stereocenters. The molecule has 0 saturated heterocycles. The minimum Gasteiger partial charge on any atom is -0.497 e. The number of hydrogen-bond donors (Lipinski definition) is 1. The Hall–Kier alpha value is -4.98. The molecule has 5 rings (SSSR count). The zero-order valence-corrected chi connectivity index (χ0v) is 20.6. The number of nitro benzene ring substituents is 1. The second-order valence-corrected chi connectivity index (χ2v) is 8.73. The molecule has 1 N–H and O–H groups in total.